The summed E-state index contributed by atoms with van der Waals surface area (Å²) in [6.07, 6.45) is 2.21. The van der Waals surface area contributed by atoms with Crippen LogP contribution in [0, 0.1) is 23.7 Å². The van der Waals surface area contributed by atoms with Crippen LogP contribution >= 0.6 is 0 Å². The molecule has 1 rings (SSSR count). The molecule has 1 aromatic heterocycles. The minimum atomic E-state index is -0.637. The molecule has 0 aliphatic carbocycles. The Morgan fingerprint density at radius 2 is 1.00 bits per heavy atom. The van der Waals surface area contributed by atoms with Crippen LogP contribution < -0.4 is 0 Å². The van der Waals surface area contributed by atoms with Crippen molar-refractivity contribution in [3.8, 4) is 0 Å². The van der Waals surface area contributed by atoms with Gasteiger partial charge in [0.25, 0.3) is 0 Å². The van der Waals surface area contributed by atoms with Gasteiger partial charge < -0.3 is 9.47 Å². The second-order valence-corrected chi connectivity index (χ2v) is 11.9. The average molecular weight is 532 g/mol. The zero-order chi connectivity index (χ0) is 28.8. The summed E-state index contributed by atoms with van der Waals surface area (Å²) in [5, 5.41) is 0. The first-order valence-corrected chi connectivity index (χ1v) is 14.1. The molecule has 0 fully saturated rings. The number of ketones is 4. The van der Waals surface area contributed by atoms with Crippen LogP contribution in [0.4, 0.5) is 0 Å². The van der Waals surface area contributed by atoms with Gasteiger partial charge >= 0.3 is 0 Å². The van der Waals surface area contributed by atoms with Gasteiger partial charge in [-0.25, -0.2) is 4.98 Å². The quantitative estimate of drug-likeness (QED) is 0.182. The molecule has 0 saturated carbocycles. The van der Waals surface area contributed by atoms with Gasteiger partial charge in [0.2, 0.25) is 11.6 Å². The van der Waals surface area contributed by atoms with E-state index in [0.29, 0.717) is 37.5 Å². The molecule has 0 saturated heterocycles. The smallest absolute Gasteiger partial charge is 0.206 e. The van der Waals surface area contributed by atoms with Crippen molar-refractivity contribution in [2.45, 2.75) is 106 Å². The third-order valence-electron chi connectivity index (χ3n) is 6.18. The predicted molar refractivity (Wildman–Crippen MR) is 149 cm³/mol. The van der Waals surface area contributed by atoms with Crippen molar-refractivity contribution in [3.63, 3.8) is 0 Å². The van der Waals surface area contributed by atoms with Crippen molar-refractivity contribution in [2.24, 2.45) is 23.7 Å². The van der Waals surface area contributed by atoms with Gasteiger partial charge in [0, 0.05) is 12.8 Å². The van der Waals surface area contributed by atoms with E-state index in [-0.39, 0.29) is 48.0 Å². The van der Waals surface area contributed by atoms with E-state index in [1.54, 1.807) is 6.07 Å². The normalized spacial score (nSPS) is 13.4. The molecule has 7 heteroatoms. The summed E-state index contributed by atoms with van der Waals surface area (Å²) in [7, 11) is 0. The summed E-state index contributed by atoms with van der Waals surface area (Å²) in [4.78, 5) is 55.2. The Morgan fingerprint density at radius 3 is 1.32 bits per heavy atom. The van der Waals surface area contributed by atoms with E-state index in [1.807, 2.05) is 27.7 Å². The summed E-state index contributed by atoms with van der Waals surface area (Å²) < 4.78 is 11.5. The molecular formula is C31H49NO6. The van der Waals surface area contributed by atoms with Crippen LogP contribution in [0.3, 0.4) is 0 Å². The monoisotopic (exact) mass is 531 g/mol. The molecule has 0 aromatic carbocycles. The molecule has 0 radical (unpaired) electrons. The molecule has 2 atom stereocenters. The maximum absolute atomic E-state index is 12.8. The van der Waals surface area contributed by atoms with E-state index >= 15 is 0 Å². The molecule has 0 N–H and O–H groups in total. The van der Waals surface area contributed by atoms with Gasteiger partial charge in [-0.3, -0.25) is 19.2 Å². The molecule has 1 aromatic rings. The number of pyridine rings is 1. The molecule has 7 nitrogen and oxygen atoms in total. The van der Waals surface area contributed by atoms with Crippen LogP contribution in [0.25, 0.3) is 0 Å². The minimum absolute atomic E-state index is 0.00753. The minimum Gasteiger partial charge on any atom is -0.362 e. The number of Topliss-reactive ketones (excluding diaryl/α,β-unsaturated/α-hetero) is 4. The predicted octanol–water partition coefficient (Wildman–Crippen LogP) is 6.32. The van der Waals surface area contributed by atoms with E-state index in [1.165, 1.54) is 12.1 Å². The van der Waals surface area contributed by atoms with Crippen LogP contribution in [-0.4, -0.2) is 53.5 Å². The van der Waals surface area contributed by atoms with E-state index in [2.05, 4.69) is 32.7 Å². The molecule has 0 amide bonds. The molecule has 0 bridgehead atoms. The first-order chi connectivity index (χ1) is 17.8. The van der Waals surface area contributed by atoms with E-state index < -0.39 is 23.8 Å². The van der Waals surface area contributed by atoms with Crippen molar-refractivity contribution in [1.29, 1.82) is 0 Å². The molecule has 0 aliphatic rings. The Morgan fingerprint density at radius 1 is 0.632 bits per heavy atom. The lowest BCUT2D eigenvalue weighted by Crippen LogP contribution is -2.29. The summed E-state index contributed by atoms with van der Waals surface area (Å²) in [6.45, 7) is 15.7. The Bertz CT molecular complexity index is 836. The van der Waals surface area contributed by atoms with Crippen molar-refractivity contribution in [1.82, 2.24) is 4.98 Å². The summed E-state index contributed by atoms with van der Waals surface area (Å²) in [6, 6.07) is 4.64. The summed E-state index contributed by atoms with van der Waals surface area (Å²) >= 11 is 0. The number of aromatic nitrogens is 1. The Balaban J connectivity index is 2.81. The van der Waals surface area contributed by atoms with E-state index in [0.717, 1.165) is 12.8 Å². The first-order valence-electron chi connectivity index (χ1n) is 14.1. The van der Waals surface area contributed by atoms with Crippen LogP contribution in [0.1, 0.15) is 115 Å². The molecule has 0 unspecified atom stereocenters. The number of rotatable bonds is 20. The molecule has 214 valence electrons. The van der Waals surface area contributed by atoms with Crippen LogP contribution in [0.2, 0.25) is 0 Å². The molecule has 0 spiro atoms. The zero-order valence-electron chi connectivity index (χ0n) is 24.7. The van der Waals surface area contributed by atoms with Gasteiger partial charge in [-0.05, 0) is 61.5 Å². The molecular weight excluding hydrogens is 482 g/mol. The lowest BCUT2D eigenvalue weighted by molar-refractivity contribution is -0.131. The van der Waals surface area contributed by atoms with Crippen molar-refractivity contribution < 1.29 is 28.7 Å². The van der Waals surface area contributed by atoms with Crippen LogP contribution in [0.5, 0.6) is 0 Å². The third kappa shape index (κ3) is 13.5. The largest absolute Gasteiger partial charge is 0.362 e. The van der Waals surface area contributed by atoms with Gasteiger partial charge in [0.15, 0.2) is 11.6 Å². The lowest BCUT2D eigenvalue weighted by Gasteiger charge is -2.19. The first kappa shape index (κ1) is 33.8. The van der Waals surface area contributed by atoms with E-state index in [9.17, 15) is 19.2 Å². The highest BCUT2D eigenvalue weighted by Gasteiger charge is 2.24. The maximum atomic E-state index is 12.8. The van der Waals surface area contributed by atoms with Gasteiger partial charge in [-0.2, -0.15) is 0 Å². The fourth-order valence-corrected chi connectivity index (χ4v) is 3.87. The number of hydrogen-bond donors (Lipinski definition) is 0. The summed E-state index contributed by atoms with van der Waals surface area (Å²) in [5.74, 6) is 0.532. The number of carbonyl (C=O) groups excluding carboxylic acids is 4. The average Bonchev–Trinajstić information content (AvgIpc) is 2.85. The standard InChI is InChI=1S/C31H49NO6/c1-20(2)12-14-26(33)30(16-22(5)6)37-18-28(35)24-10-9-11-25(32-24)29(36)19-38-31(17-23(7)8)27(34)15-13-21(3)4/h9-11,20-23,30-31H,12-19H2,1-8H3/t30-,31-/m1/s1. The fourth-order valence-electron chi connectivity index (χ4n) is 3.87. The van der Waals surface area contributed by atoms with Crippen molar-refractivity contribution in [3.05, 3.63) is 29.6 Å². The Kier molecular flexibility index (Phi) is 15.4. The third-order valence-corrected chi connectivity index (χ3v) is 6.18. The number of carbonyl (C=O) groups is 4. The van der Waals surface area contributed by atoms with Crippen molar-refractivity contribution >= 4 is 23.1 Å². The van der Waals surface area contributed by atoms with Crippen molar-refractivity contribution in [2.75, 3.05) is 13.2 Å². The van der Waals surface area contributed by atoms with E-state index in [4.69, 9.17) is 9.47 Å². The fraction of sp³-hybridized carbons (Fsp3) is 0.710. The SMILES string of the molecule is CC(C)CCC(=O)[C@@H](CC(C)C)OCC(=O)c1cccc(C(=O)CO[C@H](CC(C)C)C(=O)CCC(C)C)n1. The highest BCUT2D eigenvalue weighted by Crippen LogP contribution is 2.17. The Hall–Kier alpha value is -2.25. The highest BCUT2D eigenvalue weighted by atomic mass is 16.5. The maximum Gasteiger partial charge on any atom is 0.206 e. The topological polar surface area (TPSA) is 99.6 Å². The number of hydrogen-bond acceptors (Lipinski definition) is 7. The van der Waals surface area contributed by atoms with Gasteiger partial charge in [-0.15, -0.1) is 0 Å². The van der Waals surface area contributed by atoms with Gasteiger partial charge in [0.1, 0.15) is 36.8 Å². The number of ether oxygens (including phenoxy) is 2. The molecule has 38 heavy (non-hydrogen) atoms. The molecule has 1 heterocycles. The van der Waals surface area contributed by atoms with Crippen LogP contribution in [-0.2, 0) is 19.1 Å². The zero-order valence-corrected chi connectivity index (χ0v) is 24.7. The second kappa shape index (κ2) is 17.4. The van der Waals surface area contributed by atoms with Crippen LogP contribution in [0.15, 0.2) is 18.2 Å². The van der Waals surface area contributed by atoms with Gasteiger partial charge in [-0.1, -0.05) is 61.5 Å². The number of nitrogens with zero attached hydrogens (tertiary/aromatic N) is 1. The summed E-state index contributed by atoms with van der Waals surface area (Å²) in [5.41, 5.74) is 0.195. The van der Waals surface area contributed by atoms with Gasteiger partial charge in [0.05, 0.1) is 0 Å². The lowest BCUT2D eigenvalue weighted by atomic mass is 9.97. The molecule has 0 aliphatic heterocycles. The Labute approximate surface area is 229 Å². The highest BCUT2D eigenvalue weighted by molar-refractivity contribution is 5.99. The second-order valence-electron chi connectivity index (χ2n) is 11.9.